The number of hydrogen-bond donors (Lipinski definition) is 0. The second-order valence-corrected chi connectivity index (χ2v) is 10.4. The Balaban J connectivity index is 1.61. The Kier molecular flexibility index (Phi) is 7.10. The number of rotatable bonds is 8. The van der Waals surface area contributed by atoms with Crippen LogP contribution in [0.5, 0.6) is 0 Å². The Morgan fingerprint density at radius 1 is 1.12 bits per heavy atom. The smallest absolute Gasteiger partial charge is 0.243 e. The molecule has 32 heavy (non-hydrogen) atoms. The minimum absolute atomic E-state index is 0.249. The van der Waals surface area contributed by atoms with Crippen LogP contribution in [0.4, 0.5) is 0 Å². The van der Waals surface area contributed by atoms with Crippen molar-refractivity contribution < 1.29 is 13.2 Å². The predicted molar refractivity (Wildman–Crippen MR) is 126 cm³/mol. The van der Waals surface area contributed by atoms with Crippen LogP contribution in [0.1, 0.15) is 11.1 Å². The van der Waals surface area contributed by atoms with E-state index in [0.717, 1.165) is 10.9 Å². The molecule has 4 rings (SSSR count). The molecule has 1 aliphatic heterocycles. The fraction of sp³-hybridized carbons (Fsp3) is 0.304. The maximum Gasteiger partial charge on any atom is 0.243 e. The van der Waals surface area contributed by atoms with E-state index in [0.29, 0.717) is 44.2 Å². The molecule has 1 saturated heterocycles. The maximum absolute atomic E-state index is 13.1. The zero-order valence-electron chi connectivity index (χ0n) is 18.0. The normalized spacial score (nSPS) is 15.0. The number of ether oxygens (including phenoxy) is 1. The average molecular weight is 471 g/mol. The van der Waals surface area contributed by atoms with E-state index in [4.69, 9.17) is 4.74 Å². The van der Waals surface area contributed by atoms with Crippen molar-refractivity contribution in [3.8, 4) is 11.4 Å². The lowest BCUT2D eigenvalue weighted by molar-refractivity contribution is 0.0730. The average Bonchev–Trinajstić information content (AvgIpc) is 3.22. The topological polar surface area (TPSA) is 77.3 Å². The summed E-state index contributed by atoms with van der Waals surface area (Å²) in [6.07, 6.45) is 1.79. The molecule has 0 N–H and O–H groups in total. The van der Waals surface area contributed by atoms with E-state index in [2.05, 4.69) is 48.0 Å². The number of thioether (sulfide) groups is 1. The highest BCUT2D eigenvalue weighted by Crippen LogP contribution is 2.28. The quantitative estimate of drug-likeness (QED) is 0.369. The van der Waals surface area contributed by atoms with E-state index in [1.165, 1.54) is 15.4 Å². The second kappa shape index (κ2) is 9.99. The van der Waals surface area contributed by atoms with E-state index in [1.54, 1.807) is 36.0 Å². The molecule has 0 spiro atoms. The van der Waals surface area contributed by atoms with Crippen molar-refractivity contribution in [1.29, 1.82) is 0 Å². The van der Waals surface area contributed by atoms with Gasteiger partial charge in [0, 0.05) is 31.0 Å². The first-order chi connectivity index (χ1) is 15.5. The molecule has 0 unspecified atom stereocenters. The Bertz CT molecular complexity index is 1180. The van der Waals surface area contributed by atoms with Gasteiger partial charge in [-0.2, -0.15) is 4.31 Å². The first-order valence-corrected chi connectivity index (χ1v) is 12.8. The Hall–Kier alpha value is -2.46. The molecule has 0 radical (unpaired) electrons. The van der Waals surface area contributed by atoms with Crippen molar-refractivity contribution >= 4 is 21.8 Å². The van der Waals surface area contributed by atoms with Gasteiger partial charge in [-0.25, -0.2) is 8.42 Å². The first kappa shape index (κ1) is 22.7. The van der Waals surface area contributed by atoms with Gasteiger partial charge in [-0.05, 0) is 24.6 Å². The molecule has 9 heteroatoms. The minimum atomic E-state index is -3.59. The number of aromatic nitrogens is 3. The largest absolute Gasteiger partial charge is 0.379 e. The maximum atomic E-state index is 13.1. The molecule has 0 aliphatic carbocycles. The third-order valence-corrected chi connectivity index (χ3v) is 8.15. The van der Waals surface area contributed by atoms with Gasteiger partial charge in [0.25, 0.3) is 0 Å². The standard InChI is InChI=1S/C23H26N4O3S2/c1-3-11-27-22(24-25-23(27)31-17-19-9-7-18(2)8-10-19)20-5-4-6-21(16-20)32(28,29)26-12-14-30-15-13-26/h3-10,16H,1,11-15,17H2,2H3. The molecule has 1 aromatic heterocycles. The summed E-state index contributed by atoms with van der Waals surface area (Å²) in [5, 5.41) is 9.53. The van der Waals surface area contributed by atoms with E-state index >= 15 is 0 Å². The van der Waals surface area contributed by atoms with Crippen molar-refractivity contribution in [3.63, 3.8) is 0 Å². The van der Waals surface area contributed by atoms with Crippen LogP contribution >= 0.6 is 11.8 Å². The van der Waals surface area contributed by atoms with Gasteiger partial charge in [0.2, 0.25) is 10.0 Å². The summed E-state index contributed by atoms with van der Waals surface area (Å²) in [6, 6.07) is 15.3. The van der Waals surface area contributed by atoms with Gasteiger partial charge in [-0.3, -0.25) is 4.57 Å². The lowest BCUT2D eigenvalue weighted by Gasteiger charge is -2.26. The molecule has 3 aromatic rings. The summed E-state index contributed by atoms with van der Waals surface area (Å²) in [4.78, 5) is 0.249. The molecular formula is C23H26N4O3S2. The van der Waals surface area contributed by atoms with E-state index < -0.39 is 10.0 Å². The van der Waals surface area contributed by atoms with Crippen molar-refractivity contribution in [2.45, 2.75) is 29.3 Å². The molecule has 0 atom stereocenters. The van der Waals surface area contributed by atoms with Crippen LogP contribution in [0.25, 0.3) is 11.4 Å². The highest BCUT2D eigenvalue weighted by molar-refractivity contribution is 7.98. The number of benzene rings is 2. The van der Waals surface area contributed by atoms with Crippen molar-refractivity contribution in [2.24, 2.45) is 0 Å². The molecule has 168 valence electrons. The first-order valence-electron chi connectivity index (χ1n) is 10.4. The van der Waals surface area contributed by atoms with Gasteiger partial charge in [0.05, 0.1) is 18.1 Å². The summed E-state index contributed by atoms with van der Waals surface area (Å²) in [7, 11) is -3.59. The number of morpholine rings is 1. The molecular weight excluding hydrogens is 444 g/mol. The molecule has 0 bridgehead atoms. The highest BCUT2D eigenvalue weighted by atomic mass is 32.2. The summed E-state index contributed by atoms with van der Waals surface area (Å²) < 4.78 is 34.9. The van der Waals surface area contributed by atoms with Gasteiger partial charge in [-0.1, -0.05) is 59.8 Å². The third-order valence-electron chi connectivity index (χ3n) is 5.22. The molecule has 0 amide bonds. The molecule has 0 saturated carbocycles. The summed E-state index contributed by atoms with van der Waals surface area (Å²) in [5.74, 6) is 1.39. The monoisotopic (exact) mass is 470 g/mol. The van der Waals surface area contributed by atoms with Gasteiger partial charge >= 0.3 is 0 Å². The van der Waals surface area contributed by atoms with E-state index in [-0.39, 0.29) is 4.90 Å². The van der Waals surface area contributed by atoms with Gasteiger partial charge in [0.15, 0.2) is 11.0 Å². The molecule has 1 fully saturated rings. The lowest BCUT2D eigenvalue weighted by atomic mass is 10.2. The van der Waals surface area contributed by atoms with Crippen LogP contribution in [0.3, 0.4) is 0 Å². The van der Waals surface area contributed by atoms with Crippen LogP contribution in [0, 0.1) is 6.92 Å². The van der Waals surface area contributed by atoms with Crippen molar-refractivity contribution in [3.05, 3.63) is 72.3 Å². The second-order valence-electron chi connectivity index (χ2n) is 7.52. The Morgan fingerprint density at radius 2 is 1.88 bits per heavy atom. The molecule has 7 nitrogen and oxygen atoms in total. The molecule has 2 aromatic carbocycles. The van der Waals surface area contributed by atoms with Crippen LogP contribution in [-0.2, 0) is 27.1 Å². The number of hydrogen-bond acceptors (Lipinski definition) is 6. The number of sulfonamides is 1. The zero-order chi connectivity index (χ0) is 22.6. The number of aryl methyl sites for hydroxylation is 1. The Labute approximate surface area is 193 Å². The molecule has 1 aliphatic rings. The molecule has 2 heterocycles. The Morgan fingerprint density at radius 3 is 2.59 bits per heavy atom. The minimum Gasteiger partial charge on any atom is -0.379 e. The third kappa shape index (κ3) is 4.96. The number of nitrogens with zero attached hydrogens (tertiary/aromatic N) is 4. The highest BCUT2D eigenvalue weighted by Gasteiger charge is 2.27. The van der Waals surface area contributed by atoms with Crippen LogP contribution in [-0.4, -0.2) is 53.8 Å². The predicted octanol–water partition coefficient (Wildman–Crippen LogP) is 3.75. The zero-order valence-corrected chi connectivity index (χ0v) is 19.6. The van der Waals surface area contributed by atoms with E-state index in [9.17, 15) is 8.42 Å². The van der Waals surface area contributed by atoms with Crippen LogP contribution in [0.2, 0.25) is 0 Å². The summed E-state index contributed by atoms with van der Waals surface area (Å²) in [5.41, 5.74) is 3.13. The van der Waals surface area contributed by atoms with Crippen molar-refractivity contribution in [1.82, 2.24) is 19.1 Å². The van der Waals surface area contributed by atoms with Crippen molar-refractivity contribution in [2.75, 3.05) is 26.3 Å². The fourth-order valence-electron chi connectivity index (χ4n) is 3.47. The summed E-state index contributed by atoms with van der Waals surface area (Å²) in [6.45, 7) is 7.99. The van der Waals surface area contributed by atoms with Crippen LogP contribution in [0.15, 0.2) is 71.2 Å². The van der Waals surface area contributed by atoms with Gasteiger partial charge in [0.1, 0.15) is 0 Å². The van der Waals surface area contributed by atoms with Crippen LogP contribution < -0.4 is 0 Å². The SMILES string of the molecule is C=CCn1c(SCc2ccc(C)cc2)nnc1-c1cccc(S(=O)(=O)N2CCOCC2)c1. The summed E-state index contributed by atoms with van der Waals surface area (Å²) >= 11 is 1.60. The van der Waals surface area contributed by atoms with Gasteiger partial charge < -0.3 is 4.74 Å². The fourth-order valence-corrected chi connectivity index (χ4v) is 5.82. The van der Waals surface area contributed by atoms with E-state index in [1.807, 2.05) is 10.6 Å². The lowest BCUT2D eigenvalue weighted by Crippen LogP contribution is -2.40. The van der Waals surface area contributed by atoms with Gasteiger partial charge in [-0.15, -0.1) is 16.8 Å². The number of allylic oxidation sites excluding steroid dienone is 1.